The molecule has 0 heterocycles. The molecule has 0 bridgehead atoms. The van der Waals surface area contributed by atoms with Crippen LogP contribution in [0.2, 0.25) is 0 Å². The number of hydrogen-bond donors (Lipinski definition) is 2. The highest BCUT2D eigenvalue weighted by molar-refractivity contribution is 7.89. The summed E-state index contributed by atoms with van der Waals surface area (Å²) < 4.78 is 26.0. The van der Waals surface area contributed by atoms with Crippen LogP contribution in [0, 0.1) is 5.41 Å². The lowest BCUT2D eigenvalue weighted by Crippen LogP contribution is -2.39. The zero-order valence-corrected chi connectivity index (χ0v) is 13.0. The van der Waals surface area contributed by atoms with Crippen molar-refractivity contribution in [2.45, 2.75) is 32.2 Å². The van der Waals surface area contributed by atoms with Crippen molar-refractivity contribution in [1.29, 1.82) is 5.41 Å². The Kier molecular flexibility index (Phi) is 5.71. The molecule has 0 fully saturated rings. The maximum Gasteiger partial charge on any atom is 0.214 e. The summed E-state index contributed by atoms with van der Waals surface area (Å²) in [5, 5.41) is 7.25. The molecule has 0 radical (unpaired) electrons. The van der Waals surface area contributed by atoms with E-state index in [4.69, 9.17) is 11.1 Å². The molecule has 1 aromatic carbocycles. The highest BCUT2D eigenvalue weighted by Gasteiger charge is 2.26. The van der Waals surface area contributed by atoms with Gasteiger partial charge in [0.2, 0.25) is 10.0 Å². The number of rotatable bonds is 7. The van der Waals surface area contributed by atoms with Crippen LogP contribution >= 0.6 is 0 Å². The quantitative estimate of drug-likeness (QED) is 0.594. The Hall–Kier alpha value is -1.40. The second-order valence-corrected chi connectivity index (χ2v) is 7.26. The molecule has 0 aliphatic carbocycles. The summed E-state index contributed by atoms with van der Waals surface area (Å²) in [7, 11) is -1.83. The summed E-state index contributed by atoms with van der Waals surface area (Å²) in [6, 6.07) is 9.27. The van der Waals surface area contributed by atoms with Crippen LogP contribution in [0.3, 0.4) is 0 Å². The minimum absolute atomic E-state index is 0.00402. The van der Waals surface area contributed by atoms with Crippen LogP contribution in [-0.2, 0) is 10.0 Å². The van der Waals surface area contributed by atoms with Gasteiger partial charge in [-0.1, -0.05) is 37.3 Å². The fourth-order valence-electron chi connectivity index (χ4n) is 2.03. The minimum atomic E-state index is -3.37. The molecule has 0 saturated carbocycles. The first-order valence-electron chi connectivity index (χ1n) is 6.57. The number of sulfonamides is 1. The van der Waals surface area contributed by atoms with Gasteiger partial charge in [0.25, 0.3) is 0 Å². The first-order chi connectivity index (χ1) is 9.24. The lowest BCUT2D eigenvalue weighted by molar-refractivity contribution is 0.394. The van der Waals surface area contributed by atoms with Crippen molar-refractivity contribution >= 4 is 15.9 Å². The first-order valence-corrected chi connectivity index (χ1v) is 8.18. The van der Waals surface area contributed by atoms with E-state index >= 15 is 0 Å². The van der Waals surface area contributed by atoms with Crippen molar-refractivity contribution in [3.63, 3.8) is 0 Å². The third-order valence-electron chi connectivity index (χ3n) is 3.40. The second kappa shape index (κ2) is 6.85. The standard InChI is InChI=1S/C14H23N3O2S/c1-11(13-7-5-4-6-8-13)10-20(18,19)17(3)12(2)9-14(15)16/h4-8,11-12H,9-10H2,1-3H3,(H3,15,16). The molecule has 0 spiro atoms. The summed E-state index contributed by atoms with van der Waals surface area (Å²) in [4.78, 5) is 0. The number of nitrogens with two attached hydrogens (primary N) is 1. The van der Waals surface area contributed by atoms with Crippen LogP contribution in [-0.4, -0.2) is 37.4 Å². The van der Waals surface area contributed by atoms with Crippen LogP contribution in [0.25, 0.3) is 0 Å². The number of benzene rings is 1. The Morgan fingerprint density at radius 1 is 1.30 bits per heavy atom. The van der Waals surface area contributed by atoms with Crippen molar-refractivity contribution in [2.75, 3.05) is 12.8 Å². The highest BCUT2D eigenvalue weighted by atomic mass is 32.2. The topological polar surface area (TPSA) is 87.2 Å². The number of nitrogens with zero attached hydrogens (tertiary/aromatic N) is 1. The number of amidine groups is 1. The summed E-state index contributed by atoms with van der Waals surface area (Å²) in [6.07, 6.45) is 0.245. The maximum absolute atomic E-state index is 12.4. The molecule has 0 amide bonds. The van der Waals surface area contributed by atoms with E-state index in [0.717, 1.165) is 5.56 Å². The Labute approximate surface area is 121 Å². The molecule has 2 atom stereocenters. The van der Waals surface area contributed by atoms with Gasteiger partial charge < -0.3 is 5.73 Å². The summed E-state index contributed by atoms with van der Waals surface area (Å²) in [6.45, 7) is 3.66. The Morgan fingerprint density at radius 3 is 2.35 bits per heavy atom. The predicted octanol–water partition coefficient (Wildman–Crippen LogP) is 1.77. The molecular formula is C14H23N3O2S. The average molecular weight is 297 g/mol. The van der Waals surface area contributed by atoms with E-state index in [1.807, 2.05) is 37.3 Å². The van der Waals surface area contributed by atoms with Crippen LogP contribution in [0.1, 0.15) is 31.7 Å². The van der Waals surface area contributed by atoms with Gasteiger partial charge in [0.15, 0.2) is 0 Å². The largest absolute Gasteiger partial charge is 0.388 e. The molecule has 112 valence electrons. The molecule has 0 aliphatic heterocycles. The van der Waals surface area contributed by atoms with E-state index in [9.17, 15) is 8.42 Å². The third-order valence-corrected chi connectivity index (χ3v) is 5.56. The fourth-order valence-corrected chi connectivity index (χ4v) is 3.71. The molecule has 0 aliphatic rings. The van der Waals surface area contributed by atoms with E-state index in [-0.39, 0.29) is 30.0 Å². The Balaban J connectivity index is 2.76. The van der Waals surface area contributed by atoms with Crippen molar-refractivity contribution in [3.8, 4) is 0 Å². The minimum Gasteiger partial charge on any atom is -0.388 e. The van der Waals surface area contributed by atoms with E-state index in [1.54, 1.807) is 14.0 Å². The number of hydrogen-bond acceptors (Lipinski definition) is 3. The van der Waals surface area contributed by atoms with Crippen molar-refractivity contribution in [1.82, 2.24) is 4.31 Å². The van der Waals surface area contributed by atoms with Crippen molar-refractivity contribution < 1.29 is 8.42 Å². The van der Waals surface area contributed by atoms with Gasteiger partial charge in [-0.2, -0.15) is 0 Å². The smallest absolute Gasteiger partial charge is 0.214 e. The highest BCUT2D eigenvalue weighted by Crippen LogP contribution is 2.19. The SMILES string of the molecule is CC(CS(=O)(=O)N(C)C(C)CC(=N)N)c1ccccc1. The lowest BCUT2D eigenvalue weighted by Gasteiger charge is -2.25. The third kappa shape index (κ3) is 4.61. The summed E-state index contributed by atoms with van der Waals surface area (Å²) in [5.41, 5.74) is 6.33. The van der Waals surface area contributed by atoms with Gasteiger partial charge >= 0.3 is 0 Å². The fraction of sp³-hybridized carbons (Fsp3) is 0.500. The molecule has 1 aromatic rings. The van der Waals surface area contributed by atoms with Gasteiger partial charge in [-0.15, -0.1) is 0 Å². The van der Waals surface area contributed by atoms with Gasteiger partial charge in [0, 0.05) is 19.5 Å². The zero-order valence-electron chi connectivity index (χ0n) is 12.2. The average Bonchev–Trinajstić information content (AvgIpc) is 2.37. The van der Waals surface area contributed by atoms with E-state index < -0.39 is 10.0 Å². The zero-order chi connectivity index (χ0) is 15.3. The van der Waals surface area contributed by atoms with Crippen LogP contribution in [0.15, 0.2) is 30.3 Å². The van der Waals surface area contributed by atoms with Gasteiger partial charge in [0.1, 0.15) is 0 Å². The molecule has 6 heteroatoms. The monoisotopic (exact) mass is 297 g/mol. The molecule has 3 N–H and O–H groups in total. The molecule has 0 saturated heterocycles. The Morgan fingerprint density at radius 2 is 1.85 bits per heavy atom. The van der Waals surface area contributed by atoms with E-state index in [1.165, 1.54) is 4.31 Å². The number of nitrogens with one attached hydrogen (secondary N) is 1. The van der Waals surface area contributed by atoms with Gasteiger partial charge in [-0.25, -0.2) is 12.7 Å². The molecule has 5 nitrogen and oxygen atoms in total. The maximum atomic E-state index is 12.4. The van der Waals surface area contributed by atoms with Crippen molar-refractivity contribution in [3.05, 3.63) is 35.9 Å². The molecular weight excluding hydrogens is 274 g/mol. The predicted molar refractivity (Wildman–Crippen MR) is 82.4 cm³/mol. The normalized spacial score (nSPS) is 15.0. The van der Waals surface area contributed by atoms with Gasteiger partial charge in [-0.3, -0.25) is 5.41 Å². The summed E-state index contributed by atoms with van der Waals surface area (Å²) >= 11 is 0. The second-order valence-electron chi connectivity index (χ2n) is 5.18. The van der Waals surface area contributed by atoms with Crippen LogP contribution in [0.4, 0.5) is 0 Å². The molecule has 0 aromatic heterocycles. The van der Waals surface area contributed by atoms with Crippen LogP contribution in [0.5, 0.6) is 0 Å². The first kappa shape index (κ1) is 16.7. The Bertz CT molecular complexity index is 543. The summed E-state index contributed by atoms with van der Waals surface area (Å²) in [5.74, 6) is -0.0284. The van der Waals surface area contributed by atoms with Crippen LogP contribution < -0.4 is 5.73 Å². The molecule has 20 heavy (non-hydrogen) atoms. The van der Waals surface area contributed by atoms with Gasteiger partial charge in [-0.05, 0) is 18.4 Å². The molecule has 1 rings (SSSR count). The van der Waals surface area contributed by atoms with E-state index in [2.05, 4.69) is 0 Å². The lowest BCUT2D eigenvalue weighted by atomic mass is 10.0. The van der Waals surface area contributed by atoms with E-state index in [0.29, 0.717) is 0 Å². The van der Waals surface area contributed by atoms with Crippen molar-refractivity contribution in [2.24, 2.45) is 5.73 Å². The van der Waals surface area contributed by atoms with Gasteiger partial charge in [0.05, 0.1) is 11.6 Å². The molecule has 2 unspecified atom stereocenters.